The summed E-state index contributed by atoms with van der Waals surface area (Å²) >= 11 is 17.2. The molecule has 160 valence electrons. The predicted molar refractivity (Wildman–Crippen MR) is 123 cm³/mol. The maximum Gasteiger partial charge on any atom is 0.270 e. The zero-order chi connectivity index (χ0) is 23.0. The van der Waals surface area contributed by atoms with E-state index in [9.17, 15) is 19.7 Å². The summed E-state index contributed by atoms with van der Waals surface area (Å²) in [5.41, 5.74) is 0.444. The largest absolute Gasteiger partial charge is 0.457 e. The van der Waals surface area contributed by atoms with E-state index < -0.39 is 16.7 Å². The Balaban J connectivity index is 1.68. The van der Waals surface area contributed by atoms with Crippen molar-refractivity contribution in [2.45, 2.75) is 0 Å². The van der Waals surface area contributed by atoms with E-state index in [0.29, 0.717) is 17.0 Å². The van der Waals surface area contributed by atoms with Crippen molar-refractivity contribution in [3.05, 3.63) is 86.1 Å². The molecule has 2 aromatic carbocycles. The number of nitro benzene ring substituents is 1. The first-order chi connectivity index (χ1) is 15.2. The number of carbonyl (C=O) groups is 2. The molecule has 11 heteroatoms. The molecule has 1 aliphatic heterocycles. The zero-order valence-electron chi connectivity index (χ0n) is 15.9. The van der Waals surface area contributed by atoms with Crippen molar-refractivity contribution in [3.8, 4) is 11.3 Å². The first-order valence-corrected chi connectivity index (χ1v) is 10.1. The van der Waals surface area contributed by atoms with E-state index in [-0.39, 0.29) is 32.2 Å². The summed E-state index contributed by atoms with van der Waals surface area (Å²) in [6, 6.07) is 13.5. The Morgan fingerprint density at radius 3 is 2.47 bits per heavy atom. The minimum Gasteiger partial charge on any atom is -0.457 e. The smallest absolute Gasteiger partial charge is 0.270 e. The topological polar surface area (TPSA) is 106 Å². The monoisotopic (exact) mass is 487 g/mol. The summed E-state index contributed by atoms with van der Waals surface area (Å²) < 4.78 is 5.69. The summed E-state index contributed by atoms with van der Waals surface area (Å²) in [5.74, 6) is -0.858. The number of hydrogen-bond acceptors (Lipinski definition) is 6. The Bertz CT molecular complexity index is 1310. The van der Waals surface area contributed by atoms with Crippen molar-refractivity contribution in [2.24, 2.45) is 0 Å². The SMILES string of the molecule is O=C1NC(=S)N(c2cc(Cl)cc(Cl)c2)C(=O)/C1=C/c1ccc(-c2cccc([N+](=O)[O-])c2)o1. The molecule has 0 saturated carbocycles. The molecule has 0 bridgehead atoms. The lowest BCUT2D eigenvalue weighted by Gasteiger charge is -2.29. The van der Waals surface area contributed by atoms with Crippen LogP contribution in [0.25, 0.3) is 17.4 Å². The molecule has 0 atom stereocenters. The van der Waals surface area contributed by atoms with Crippen molar-refractivity contribution in [1.82, 2.24) is 5.32 Å². The fraction of sp³-hybridized carbons (Fsp3) is 0. The first-order valence-electron chi connectivity index (χ1n) is 8.95. The third-order valence-electron chi connectivity index (χ3n) is 4.46. The average molecular weight is 488 g/mol. The fourth-order valence-corrected chi connectivity index (χ4v) is 3.86. The Labute approximate surface area is 196 Å². The van der Waals surface area contributed by atoms with Gasteiger partial charge in [-0.2, -0.15) is 0 Å². The third-order valence-corrected chi connectivity index (χ3v) is 5.18. The van der Waals surface area contributed by atoms with Crippen LogP contribution in [0.1, 0.15) is 5.76 Å². The van der Waals surface area contributed by atoms with Gasteiger partial charge in [-0.05, 0) is 48.6 Å². The quantitative estimate of drug-likeness (QED) is 0.182. The highest BCUT2D eigenvalue weighted by Gasteiger charge is 2.35. The highest BCUT2D eigenvalue weighted by Crippen LogP contribution is 2.30. The summed E-state index contributed by atoms with van der Waals surface area (Å²) in [6.45, 7) is 0. The maximum absolute atomic E-state index is 13.1. The third kappa shape index (κ3) is 4.26. The number of amides is 2. The molecule has 32 heavy (non-hydrogen) atoms. The van der Waals surface area contributed by atoms with E-state index in [0.717, 1.165) is 4.90 Å². The van der Waals surface area contributed by atoms with Crippen molar-refractivity contribution in [1.29, 1.82) is 0 Å². The van der Waals surface area contributed by atoms with Crippen molar-refractivity contribution in [3.63, 3.8) is 0 Å². The Morgan fingerprint density at radius 1 is 1.06 bits per heavy atom. The van der Waals surface area contributed by atoms with Crippen molar-refractivity contribution in [2.75, 3.05) is 4.90 Å². The molecule has 2 amide bonds. The normalized spacial score (nSPS) is 15.2. The van der Waals surface area contributed by atoms with Crippen LogP contribution in [0.3, 0.4) is 0 Å². The molecule has 8 nitrogen and oxygen atoms in total. The molecule has 0 radical (unpaired) electrons. The predicted octanol–water partition coefficient (Wildman–Crippen LogP) is 4.99. The molecule has 2 heterocycles. The van der Waals surface area contributed by atoms with Gasteiger partial charge in [0.05, 0.1) is 10.6 Å². The van der Waals surface area contributed by atoms with E-state index in [1.807, 2.05) is 0 Å². The number of halogens is 2. The highest BCUT2D eigenvalue weighted by molar-refractivity contribution is 7.80. The van der Waals surface area contributed by atoms with Gasteiger partial charge >= 0.3 is 0 Å². The number of nitro groups is 1. The Morgan fingerprint density at radius 2 is 1.78 bits per heavy atom. The molecule has 0 unspecified atom stereocenters. The molecule has 0 aliphatic carbocycles. The number of benzene rings is 2. The number of nitrogens with zero attached hydrogens (tertiary/aromatic N) is 2. The van der Waals surface area contributed by atoms with E-state index in [1.54, 1.807) is 12.1 Å². The molecule has 1 aromatic heterocycles. The first kappa shape index (κ1) is 21.7. The van der Waals surface area contributed by atoms with E-state index >= 15 is 0 Å². The standard InChI is InChI=1S/C21H11Cl2N3O5S/c22-12-7-13(23)9-15(8-12)25-20(28)17(19(27)24-21(25)32)10-16-4-5-18(31-16)11-2-1-3-14(6-11)26(29)30/h1-10H,(H,24,27,32)/b17-10+. The lowest BCUT2D eigenvalue weighted by atomic mass is 10.1. The highest BCUT2D eigenvalue weighted by atomic mass is 35.5. The van der Waals surface area contributed by atoms with Crippen LogP contribution in [0.5, 0.6) is 0 Å². The van der Waals surface area contributed by atoms with Crippen LogP contribution < -0.4 is 10.2 Å². The summed E-state index contributed by atoms with van der Waals surface area (Å²) in [7, 11) is 0. The van der Waals surface area contributed by atoms with Gasteiger partial charge in [-0.3, -0.25) is 29.9 Å². The summed E-state index contributed by atoms with van der Waals surface area (Å²) in [6.07, 6.45) is 1.26. The fourth-order valence-electron chi connectivity index (χ4n) is 3.06. The second-order valence-electron chi connectivity index (χ2n) is 6.59. The van der Waals surface area contributed by atoms with Crippen molar-refractivity contribution >= 4 is 69.8 Å². The second kappa shape index (κ2) is 8.54. The number of furan rings is 1. The molecule has 1 saturated heterocycles. The number of thiocarbonyl (C=S) groups is 1. The molecule has 1 N–H and O–H groups in total. The lowest BCUT2D eigenvalue weighted by Crippen LogP contribution is -2.54. The van der Waals surface area contributed by atoms with E-state index in [1.165, 1.54) is 48.5 Å². The minimum absolute atomic E-state index is 0.0926. The molecule has 1 fully saturated rings. The molecule has 0 spiro atoms. The second-order valence-corrected chi connectivity index (χ2v) is 7.85. The van der Waals surface area contributed by atoms with Crippen LogP contribution in [-0.2, 0) is 9.59 Å². The Kier molecular flexibility index (Phi) is 5.79. The lowest BCUT2D eigenvalue weighted by molar-refractivity contribution is -0.384. The average Bonchev–Trinajstić information content (AvgIpc) is 3.19. The van der Waals surface area contributed by atoms with Crippen LogP contribution in [-0.4, -0.2) is 21.9 Å². The van der Waals surface area contributed by atoms with E-state index in [2.05, 4.69) is 5.32 Å². The maximum atomic E-state index is 13.1. The molecule has 1 aliphatic rings. The van der Waals surface area contributed by atoms with Crippen LogP contribution in [0.4, 0.5) is 11.4 Å². The van der Waals surface area contributed by atoms with Gasteiger partial charge in [0.1, 0.15) is 17.1 Å². The van der Waals surface area contributed by atoms with E-state index in [4.69, 9.17) is 39.8 Å². The molecule has 3 aromatic rings. The number of nitrogens with one attached hydrogen (secondary N) is 1. The Hall–Kier alpha value is -3.53. The number of anilines is 1. The van der Waals surface area contributed by atoms with Gasteiger partial charge in [0.2, 0.25) is 0 Å². The summed E-state index contributed by atoms with van der Waals surface area (Å²) in [4.78, 5) is 37.1. The van der Waals surface area contributed by atoms with Crippen molar-refractivity contribution < 1.29 is 18.9 Å². The summed E-state index contributed by atoms with van der Waals surface area (Å²) in [5, 5.41) is 13.9. The van der Waals surface area contributed by atoms with Gasteiger partial charge in [-0.25, -0.2) is 0 Å². The van der Waals surface area contributed by atoms with Gasteiger partial charge in [0.25, 0.3) is 17.5 Å². The van der Waals surface area contributed by atoms with Crippen LogP contribution in [0.2, 0.25) is 10.0 Å². The molecular formula is C21H11Cl2N3O5S. The number of hydrogen-bond donors (Lipinski definition) is 1. The minimum atomic E-state index is -0.697. The van der Waals surface area contributed by atoms with Gasteiger partial charge < -0.3 is 4.42 Å². The molecular weight excluding hydrogens is 477 g/mol. The number of non-ortho nitro benzene ring substituents is 1. The number of rotatable bonds is 4. The van der Waals surface area contributed by atoms with Gasteiger partial charge in [0, 0.05) is 27.7 Å². The van der Waals surface area contributed by atoms with Gasteiger partial charge in [0.15, 0.2) is 5.11 Å². The zero-order valence-corrected chi connectivity index (χ0v) is 18.2. The van der Waals surface area contributed by atoms with Crippen LogP contribution in [0, 0.1) is 10.1 Å². The number of carbonyl (C=O) groups excluding carboxylic acids is 2. The van der Waals surface area contributed by atoms with Gasteiger partial charge in [-0.15, -0.1) is 0 Å². The van der Waals surface area contributed by atoms with Crippen LogP contribution in [0.15, 0.2) is 64.6 Å². The molecule has 4 rings (SSSR count). The van der Waals surface area contributed by atoms with Crippen LogP contribution >= 0.6 is 35.4 Å². The van der Waals surface area contributed by atoms with Gasteiger partial charge in [-0.1, -0.05) is 35.3 Å².